The molecule has 0 saturated carbocycles. The Balaban J connectivity index is 1.81. The number of oxime groups is 1. The second-order valence-electron chi connectivity index (χ2n) is 6.14. The molecule has 1 aromatic heterocycles. The van der Waals surface area contributed by atoms with Crippen molar-refractivity contribution in [3.8, 4) is 5.75 Å². The highest BCUT2D eigenvalue weighted by Crippen LogP contribution is 2.30. The van der Waals surface area contributed by atoms with E-state index >= 15 is 0 Å². The van der Waals surface area contributed by atoms with Crippen LogP contribution in [0.5, 0.6) is 5.75 Å². The Kier molecular flexibility index (Phi) is 6.18. The highest BCUT2D eigenvalue weighted by Gasteiger charge is 2.38. The Labute approximate surface area is 173 Å². The quantitative estimate of drug-likeness (QED) is 0.201. The van der Waals surface area contributed by atoms with E-state index in [4.69, 9.17) is 21.0 Å². The van der Waals surface area contributed by atoms with Crippen molar-refractivity contribution < 1.29 is 34.0 Å². The minimum atomic E-state index is -1.52. The zero-order valence-electron chi connectivity index (χ0n) is 15.3. The number of benzene rings is 1. The first-order valence-corrected chi connectivity index (χ1v) is 9.34. The van der Waals surface area contributed by atoms with Crippen LogP contribution < -0.4 is 21.4 Å². The fourth-order valence-electron chi connectivity index (χ4n) is 2.71. The van der Waals surface area contributed by atoms with Gasteiger partial charge < -0.3 is 36.4 Å². The number of amides is 2. The molecule has 2 amide bonds. The molecule has 0 unspecified atom stereocenters. The van der Waals surface area contributed by atoms with Crippen LogP contribution in [0.4, 0.5) is 5.13 Å². The van der Waals surface area contributed by atoms with Crippen molar-refractivity contribution in [3.05, 3.63) is 40.4 Å². The maximum absolute atomic E-state index is 12.8. The van der Waals surface area contributed by atoms with Crippen molar-refractivity contribution in [1.29, 1.82) is 0 Å². The van der Waals surface area contributed by atoms with Gasteiger partial charge in [0.2, 0.25) is 0 Å². The van der Waals surface area contributed by atoms with Gasteiger partial charge in [-0.05, 0) is 18.1 Å². The average molecular weight is 433 g/mol. The molecule has 12 nitrogen and oxygen atoms in total. The maximum Gasteiger partial charge on any atom is 0.547 e. The zero-order chi connectivity index (χ0) is 21.8. The van der Waals surface area contributed by atoms with Gasteiger partial charge in [0.15, 0.2) is 17.5 Å². The van der Waals surface area contributed by atoms with Crippen LogP contribution in [-0.4, -0.2) is 58.3 Å². The van der Waals surface area contributed by atoms with Gasteiger partial charge in [-0.25, -0.2) is 9.78 Å². The molecule has 0 bridgehead atoms. The third-order valence-electron chi connectivity index (χ3n) is 4.01. The summed E-state index contributed by atoms with van der Waals surface area (Å²) in [4.78, 5) is 43.7. The van der Waals surface area contributed by atoms with Gasteiger partial charge in [-0.1, -0.05) is 17.3 Å². The molecule has 7 N–H and O–H groups in total. The zero-order valence-corrected chi connectivity index (χ0v) is 16.1. The Morgan fingerprint density at radius 1 is 1.43 bits per heavy atom. The number of primary amides is 1. The molecule has 0 radical (unpaired) electrons. The van der Waals surface area contributed by atoms with Gasteiger partial charge in [0.1, 0.15) is 11.4 Å². The average Bonchev–Trinajstić information content (AvgIpc) is 3.10. The highest BCUT2D eigenvalue weighted by atomic mass is 32.1. The molecule has 0 fully saturated rings. The topological polar surface area (TPSA) is 199 Å². The van der Waals surface area contributed by atoms with Crippen LogP contribution in [0.15, 0.2) is 28.7 Å². The standard InChI is InChI=1S/C16H16BN5O7S/c18-11(23)5-28-22-12(9-6-30-16(19)20-9)14(24)21-10-4-7-2-1-3-8(15(25)26)13(7)29-17(10)27/h1-3,6,10,27H,4-5H2,(H2,18,23)(H2,19,20)(H,21,24)(H,25,26)/b22-12-/t10-/m0/s1. The van der Waals surface area contributed by atoms with Crippen molar-refractivity contribution in [2.75, 3.05) is 12.3 Å². The number of nitrogens with one attached hydrogen (secondary N) is 1. The van der Waals surface area contributed by atoms with Gasteiger partial charge in [-0.15, -0.1) is 11.3 Å². The number of carbonyl (C=O) groups is 3. The number of nitrogens with two attached hydrogens (primary N) is 2. The summed E-state index contributed by atoms with van der Waals surface area (Å²) in [6, 6.07) is 4.50. The molecule has 0 aliphatic carbocycles. The van der Waals surface area contributed by atoms with E-state index in [0.717, 1.165) is 11.3 Å². The normalized spacial score (nSPS) is 15.7. The summed E-state index contributed by atoms with van der Waals surface area (Å²) in [7, 11) is -1.52. The molecule has 156 valence electrons. The summed E-state index contributed by atoms with van der Waals surface area (Å²) in [5.41, 5.74) is 10.8. The number of aromatic carboxylic acids is 1. The van der Waals surface area contributed by atoms with Crippen molar-refractivity contribution >= 4 is 47.1 Å². The summed E-state index contributed by atoms with van der Waals surface area (Å²) in [5, 5.41) is 27.3. The van der Waals surface area contributed by atoms with Crippen molar-refractivity contribution in [1.82, 2.24) is 10.3 Å². The van der Waals surface area contributed by atoms with E-state index in [1.807, 2.05) is 0 Å². The summed E-state index contributed by atoms with van der Waals surface area (Å²) in [5.74, 6) is -3.67. The van der Waals surface area contributed by atoms with Crippen LogP contribution in [0.2, 0.25) is 0 Å². The number of hydrogen-bond donors (Lipinski definition) is 5. The molecular formula is C16H16BN5O7S. The molecule has 3 rings (SSSR count). The van der Waals surface area contributed by atoms with E-state index in [-0.39, 0.29) is 34.3 Å². The number of anilines is 1. The third-order valence-corrected chi connectivity index (χ3v) is 4.68. The number of carboxylic acids is 1. The molecule has 1 aliphatic rings. The Morgan fingerprint density at radius 2 is 2.20 bits per heavy atom. The second-order valence-corrected chi connectivity index (χ2v) is 7.03. The van der Waals surface area contributed by atoms with E-state index < -0.39 is 37.5 Å². The van der Waals surface area contributed by atoms with E-state index in [1.165, 1.54) is 17.5 Å². The molecule has 1 aromatic carbocycles. The van der Waals surface area contributed by atoms with Gasteiger partial charge in [-0.3, -0.25) is 9.59 Å². The fraction of sp³-hybridized carbons (Fsp3) is 0.188. The number of nitrogens with zero attached hydrogens (tertiary/aromatic N) is 2. The molecular weight excluding hydrogens is 417 g/mol. The number of carboxylic acid groups (broad SMARTS) is 1. The van der Waals surface area contributed by atoms with Crippen molar-refractivity contribution in [2.24, 2.45) is 10.9 Å². The summed E-state index contributed by atoms with van der Waals surface area (Å²) in [6.45, 7) is -0.559. The molecule has 14 heteroatoms. The number of rotatable bonds is 7. The first kappa shape index (κ1) is 21.1. The second kappa shape index (κ2) is 8.79. The van der Waals surface area contributed by atoms with Crippen molar-refractivity contribution in [2.45, 2.75) is 12.4 Å². The van der Waals surface area contributed by atoms with Crippen LogP contribution in [0.3, 0.4) is 0 Å². The predicted octanol–water partition coefficient (Wildman–Crippen LogP) is -1.23. The smallest absolute Gasteiger partial charge is 0.534 e. The lowest BCUT2D eigenvalue weighted by atomic mass is 9.72. The van der Waals surface area contributed by atoms with Crippen LogP contribution in [0.25, 0.3) is 0 Å². The maximum atomic E-state index is 12.8. The van der Waals surface area contributed by atoms with Gasteiger partial charge in [0.05, 0.1) is 11.5 Å². The molecule has 0 saturated heterocycles. The first-order chi connectivity index (χ1) is 14.3. The number of nitrogen functional groups attached to an aromatic ring is 1. The molecule has 1 atom stereocenters. The monoisotopic (exact) mass is 433 g/mol. The Bertz CT molecular complexity index is 1030. The highest BCUT2D eigenvalue weighted by molar-refractivity contribution is 7.13. The molecule has 0 spiro atoms. The third kappa shape index (κ3) is 4.67. The van der Waals surface area contributed by atoms with E-state index in [2.05, 4.69) is 15.5 Å². The molecule has 30 heavy (non-hydrogen) atoms. The van der Waals surface area contributed by atoms with Crippen LogP contribution >= 0.6 is 11.3 Å². The van der Waals surface area contributed by atoms with Crippen molar-refractivity contribution in [3.63, 3.8) is 0 Å². The fourth-order valence-corrected chi connectivity index (χ4v) is 3.26. The largest absolute Gasteiger partial charge is 0.547 e. The Hall–Kier alpha value is -3.65. The summed E-state index contributed by atoms with van der Waals surface area (Å²) < 4.78 is 5.33. The SMILES string of the molecule is NC(=O)CO/N=C(\C(=O)N[C@H]1Cc2cccc(C(=O)O)c2OB1O)c1csc(N)n1. The summed E-state index contributed by atoms with van der Waals surface area (Å²) >= 11 is 1.06. The molecule has 2 heterocycles. The molecule has 1 aliphatic heterocycles. The lowest BCUT2D eigenvalue weighted by Crippen LogP contribution is -2.54. The lowest BCUT2D eigenvalue weighted by Gasteiger charge is -2.28. The number of para-hydroxylation sites is 1. The number of thiazole rings is 1. The van der Waals surface area contributed by atoms with Gasteiger partial charge >= 0.3 is 13.1 Å². The van der Waals surface area contributed by atoms with E-state index in [1.54, 1.807) is 6.07 Å². The first-order valence-electron chi connectivity index (χ1n) is 8.46. The Morgan fingerprint density at radius 3 is 2.83 bits per heavy atom. The number of carbonyl (C=O) groups excluding carboxylic acids is 2. The minimum absolute atomic E-state index is 0.0361. The van der Waals surface area contributed by atoms with Crippen LogP contribution in [0, 0.1) is 0 Å². The number of aromatic nitrogens is 1. The summed E-state index contributed by atoms with van der Waals surface area (Å²) in [6.07, 6.45) is 0.0952. The minimum Gasteiger partial charge on any atom is -0.534 e. The van der Waals surface area contributed by atoms with E-state index in [0.29, 0.717) is 5.56 Å². The number of fused-ring (bicyclic) bond motifs is 1. The van der Waals surface area contributed by atoms with Gasteiger partial charge in [-0.2, -0.15) is 0 Å². The van der Waals surface area contributed by atoms with Crippen LogP contribution in [0.1, 0.15) is 21.6 Å². The van der Waals surface area contributed by atoms with Gasteiger partial charge in [0, 0.05) is 5.38 Å². The van der Waals surface area contributed by atoms with Crippen LogP contribution in [-0.2, 0) is 20.8 Å². The molecule has 2 aromatic rings. The van der Waals surface area contributed by atoms with Gasteiger partial charge in [0.25, 0.3) is 11.8 Å². The predicted molar refractivity (Wildman–Crippen MR) is 106 cm³/mol. The van der Waals surface area contributed by atoms with E-state index in [9.17, 15) is 24.5 Å². The number of hydrogen-bond acceptors (Lipinski definition) is 10. The lowest BCUT2D eigenvalue weighted by molar-refractivity contribution is -0.122.